The van der Waals surface area contributed by atoms with Crippen LogP contribution >= 0.6 is 0 Å². The summed E-state index contributed by atoms with van der Waals surface area (Å²) in [5.74, 6) is 0. The van der Waals surface area contributed by atoms with Crippen molar-refractivity contribution in [1.29, 1.82) is 0 Å². The zero-order chi connectivity index (χ0) is 8.27. The van der Waals surface area contributed by atoms with E-state index in [-0.39, 0.29) is 6.04 Å². The van der Waals surface area contributed by atoms with E-state index in [0.29, 0.717) is 6.04 Å². The molecule has 0 unspecified atom stereocenters. The minimum Gasteiger partial charge on any atom is -0.379 e. The molecule has 0 radical (unpaired) electrons. The summed E-state index contributed by atoms with van der Waals surface area (Å²) >= 11 is 0. The lowest BCUT2D eigenvalue weighted by molar-refractivity contribution is 0.0163. The molecule has 0 amide bonds. The molecule has 3 heteroatoms. The molecule has 0 saturated carbocycles. The molecule has 1 aliphatic heterocycles. The third-order valence-corrected chi connectivity index (χ3v) is 2.38. The Balaban J connectivity index is 2.32. The predicted molar refractivity (Wildman–Crippen MR) is 45.5 cm³/mol. The third kappa shape index (κ3) is 2.43. The normalized spacial score (nSPS) is 26.5. The van der Waals surface area contributed by atoms with E-state index >= 15 is 0 Å². The van der Waals surface area contributed by atoms with Gasteiger partial charge in [0.1, 0.15) is 0 Å². The maximum atomic E-state index is 5.78. The highest BCUT2D eigenvalue weighted by molar-refractivity contribution is 4.76. The van der Waals surface area contributed by atoms with Gasteiger partial charge in [-0.05, 0) is 13.8 Å². The van der Waals surface area contributed by atoms with Crippen molar-refractivity contribution in [3.05, 3.63) is 0 Å². The Kier molecular flexibility index (Phi) is 3.30. The summed E-state index contributed by atoms with van der Waals surface area (Å²) < 4.78 is 5.25. The lowest BCUT2D eigenvalue weighted by Crippen LogP contribution is -2.49. The molecule has 0 aromatic rings. The van der Waals surface area contributed by atoms with Crippen molar-refractivity contribution in [2.24, 2.45) is 5.73 Å². The predicted octanol–water partition coefficient (Wildman–Crippen LogP) is 0.0543. The molecule has 1 heterocycles. The molecule has 1 aliphatic rings. The summed E-state index contributed by atoms with van der Waals surface area (Å²) in [5, 5.41) is 0. The molecule has 66 valence electrons. The Morgan fingerprint density at radius 3 is 2.27 bits per heavy atom. The van der Waals surface area contributed by atoms with Gasteiger partial charge >= 0.3 is 0 Å². The molecule has 11 heavy (non-hydrogen) atoms. The summed E-state index contributed by atoms with van der Waals surface area (Å²) in [4.78, 5) is 2.38. The molecule has 2 atom stereocenters. The molecule has 0 bridgehead atoms. The summed E-state index contributed by atoms with van der Waals surface area (Å²) in [6.07, 6.45) is 0. The SMILES string of the molecule is C[C@H](N)[C@H](C)N1CCOCC1. The van der Waals surface area contributed by atoms with E-state index in [1.54, 1.807) is 0 Å². The molecule has 1 saturated heterocycles. The lowest BCUT2D eigenvalue weighted by atomic mass is 10.1. The first-order chi connectivity index (χ1) is 5.22. The van der Waals surface area contributed by atoms with Crippen molar-refractivity contribution in [3.63, 3.8) is 0 Å². The smallest absolute Gasteiger partial charge is 0.0594 e. The number of ether oxygens (including phenoxy) is 1. The van der Waals surface area contributed by atoms with Gasteiger partial charge < -0.3 is 10.5 Å². The fourth-order valence-corrected chi connectivity index (χ4v) is 1.32. The zero-order valence-corrected chi connectivity index (χ0v) is 7.42. The van der Waals surface area contributed by atoms with Crippen LogP contribution in [0.3, 0.4) is 0 Å². The van der Waals surface area contributed by atoms with Crippen LogP contribution in [0.4, 0.5) is 0 Å². The molecule has 0 aromatic heterocycles. The van der Waals surface area contributed by atoms with E-state index in [1.165, 1.54) is 0 Å². The summed E-state index contributed by atoms with van der Waals surface area (Å²) in [7, 11) is 0. The van der Waals surface area contributed by atoms with Crippen molar-refractivity contribution in [1.82, 2.24) is 4.90 Å². The Morgan fingerprint density at radius 2 is 1.82 bits per heavy atom. The number of hydrogen-bond donors (Lipinski definition) is 1. The van der Waals surface area contributed by atoms with Crippen LogP contribution in [0, 0.1) is 0 Å². The van der Waals surface area contributed by atoms with Gasteiger partial charge in [-0.25, -0.2) is 0 Å². The maximum Gasteiger partial charge on any atom is 0.0594 e. The first-order valence-electron chi connectivity index (χ1n) is 4.29. The van der Waals surface area contributed by atoms with Crippen molar-refractivity contribution >= 4 is 0 Å². The standard InChI is InChI=1S/C8H18N2O/c1-7(9)8(2)10-3-5-11-6-4-10/h7-8H,3-6,9H2,1-2H3/t7-,8-/m0/s1. The van der Waals surface area contributed by atoms with Crippen LogP contribution in [0.5, 0.6) is 0 Å². The fraction of sp³-hybridized carbons (Fsp3) is 1.00. The Labute approximate surface area is 68.5 Å². The second-order valence-corrected chi connectivity index (χ2v) is 3.25. The van der Waals surface area contributed by atoms with Crippen LogP contribution in [0.15, 0.2) is 0 Å². The highest BCUT2D eigenvalue weighted by atomic mass is 16.5. The van der Waals surface area contributed by atoms with E-state index in [4.69, 9.17) is 10.5 Å². The average molecular weight is 158 g/mol. The van der Waals surface area contributed by atoms with Crippen LogP contribution in [-0.4, -0.2) is 43.3 Å². The fourth-order valence-electron chi connectivity index (χ4n) is 1.32. The van der Waals surface area contributed by atoms with Gasteiger partial charge in [0, 0.05) is 25.2 Å². The van der Waals surface area contributed by atoms with E-state index < -0.39 is 0 Å². The van der Waals surface area contributed by atoms with Crippen LogP contribution in [0.25, 0.3) is 0 Å². The second kappa shape index (κ2) is 4.04. The van der Waals surface area contributed by atoms with E-state index in [2.05, 4.69) is 18.7 Å². The molecule has 3 nitrogen and oxygen atoms in total. The van der Waals surface area contributed by atoms with Crippen molar-refractivity contribution < 1.29 is 4.74 Å². The van der Waals surface area contributed by atoms with Gasteiger partial charge in [0.2, 0.25) is 0 Å². The number of rotatable bonds is 2. The molecule has 0 aliphatic carbocycles. The van der Waals surface area contributed by atoms with Gasteiger partial charge in [0.25, 0.3) is 0 Å². The van der Waals surface area contributed by atoms with Gasteiger partial charge in [-0.1, -0.05) is 0 Å². The molecule has 1 rings (SSSR count). The minimum atomic E-state index is 0.257. The first-order valence-corrected chi connectivity index (χ1v) is 4.29. The molecular formula is C8H18N2O. The molecular weight excluding hydrogens is 140 g/mol. The Hall–Kier alpha value is -0.120. The quantitative estimate of drug-likeness (QED) is 0.617. The minimum absolute atomic E-state index is 0.257. The van der Waals surface area contributed by atoms with Gasteiger partial charge in [0.15, 0.2) is 0 Å². The van der Waals surface area contributed by atoms with Gasteiger partial charge in [-0.15, -0.1) is 0 Å². The van der Waals surface area contributed by atoms with Gasteiger partial charge in [-0.2, -0.15) is 0 Å². The molecule has 1 fully saturated rings. The Morgan fingerprint density at radius 1 is 1.27 bits per heavy atom. The van der Waals surface area contributed by atoms with Crippen molar-refractivity contribution in [2.75, 3.05) is 26.3 Å². The number of morpholine rings is 1. The highest BCUT2D eigenvalue weighted by Crippen LogP contribution is 2.05. The number of nitrogens with two attached hydrogens (primary N) is 1. The van der Waals surface area contributed by atoms with Gasteiger partial charge in [-0.3, -0.25) is 4.90 Å². The summed E-state index contributed by atoms with van der Waals surface area (Å²) in [5.41, 5.74) is 5.78. The van der Waals surface area contributed by atoms with Crippen molar-refractivity contribution in [2.45, 2.75) is 25.9 Å². The monoisotopic (exact) mass is 158 g/mol. The van der Waals surface area contributed by atoms with Crippen LogP contribution in [-0.2, 0) is 4.74 Å². The summed E-state index contributed by atoms with van der Waals surface area (Å²) in [6, 6.07) is 0.743. The molecule has 0 aromatic carbocycles. The number of nitrogens with zero attached hydrogens (tertiary/aromatic N) is 1. The van der Waals surface area contributed by atoms with Crippen LogP contribution in [0.2, 0.25) is 0 Å². The molecule has 2 N–H and O–H groups in total. The Bertz CT molecular complexity index is 111. The average Bonchev–Trinajstić information content (AvgIpc) is 2.05. The van der Waals surface area contributed by atoms with Crippen LogP contribution in [0.1, 0.15) is 13.8 Å². The van der Waals surface area contributed by atoms with Gasteiger partial charge in [0.05, 0.1) is 13.2 Å². The van der Waals surface area contributed by atoms with Crippen molar-refractivity contribution in [3.8, 4) is 0 Å². The third-order valence-electron chi connectivity index (χ3n) is 2.38. The first kappa shape index (κ1) is 8.97. The van der Waals surface area contributed by atoms with E-state index in [9.17, 15) is 0 Å². The molecule has 0 spiro atoms. The second-order valence-electron chi connectivity index (χ2n) is 3.25. The largest absolute Gasteiger partial charge is 0.379 e. The zero-order valence-electron chi connectivity index (χ0n) is 7.42. The number of hydrogen-bond acceptors (Lipinski definition) is 3. The topological polar surface area (TPSA) is 38.5 Å². The van der Waals surface area contributed by atoms with Crippen LogP contribution < -0.4 is 5.73 Å². The van der Waals surface area contributed by atoms with E-state index in [1.807, 2.05) is 0 Å². The van der Waals surface area contributed by atoms with E-state index in [0.717, 1.165) is 26.3 Å². The highest BCUT2D eigenvalue weighted by Gasteiger charge is 2.19. The lowest BCUT2D eigenvalue weighted by Gasteiger charge is -2.34. The maximum absolute atomic E-state index is 5.78. The summed E-state index contributed by atoms with van der Waals surface area (Å²) in [6.45, 7) is 8.01.